The van der Waals surface area contributed by atoms with Crippen LogP contribution in [0.25, 0.3) is 28.0 Å². The Labute approximate surface area is 260 Å². The van der Waals surface area contributed by atoms with Crippen LogP contribution in [-0.2, 0) is 6.42 Å². The summed E-state index contributed by atoms with van der Waals surface area (Å²) in [5.74, 6) is -0.688. The van der Waals surface area contributed by atoms with Crippen molar-refractivity contribution in [2.45, 2.75) is 57.7 Å². The quantitative estimate of drug-likeness (QED) is 0.0639. The maximum atomic E-state index is 15.3. The molecule has 0 aliphatic carbocycles. The Morgan fingerprint density at radius 2 is 1.98 bits per heavy atom. The zero-order valence-electron chi connectivity index (χ0n) is 24.9. The number of nitrogens with zero attached hydrogens (tertiary/aromatic N) is 2. The molecule has 4 aromatic rings. The summed E-state index contributed by atoms with van der Waals surface area (Å²) in [4.78, 5) is 20.1. The van der Waals surface area contributed by atoms with Crippen LogP contribution in [0.1, 0.15) is 50.3 Å². The topological polar surface area (TPSA) is 125 Å². The molecule has 8 nitrogen and oxygen atoms in total. The molecule has 44 heavy (non-hydrogen) atoms. The SMILES string of the molecule is C=C[C@H](N)CCCc1cc(Cl)c(F)c(-c2cc3cn(-c4ccc([C@H](C)N[C@@H](C=C)CCNC(C)=N)c(F)c4)c(=O)nc3[nH]2)c1. The number of rotatable bonds is 14. The van der Waals surface area contributed by atoms with Crippen LogP contribution >= 0.6 is 11.6 Å². The van der Waals surface area contributed by atoms with Crippen molar-refractivity contribution in [3.63, 3.8) is 0 Å². The lowest BCUT2D eigenvalue weighted by molar-refractivity contribution is 0.469. The fourth-order valence-corrected chi connectivity index (χ4v) is 5.32. The molecule has 0 fully saturated rings. The number of aromatic amines is 1. The van der Waals surface area contributed by atoms with Crippen molar-refractivity contribution in [1.29, 1.82) is 5.41 Å². The Balaban J connectivity index is 1.57. The third kappa shape index (κ3) is 7.88. The third-order valence-corrected chi connectivity index (χ3v) is 7.79. The smallest absolute Gasteiger partial charge is 0.354 e. The Kier molecular flexibility index (Phi) is 10.9. The maximum Gasteiger partial charge on any atom is 0.354 e. The summed E-state index contributed by atoms with van der Waals surface area (Å²) in [5, 5.41) is 14.3. The van der Waals surface area contributed by atoms with Crippen LogP contribution in [0.5, 0.6) is 0 Å². The molecule has 3 atom stereocenters. The molecule has 4 rings (SSSR count). The second-order valence-corrected chi connectivity index (χ2v) is 11.3. The summed E-state index contributed by atoms with van der Waals surface area (Å²) in [6, 6.07) is 9.05. The normalized spacial score (nSPS) is 13.4. The first-order valence-corrected chi connectivity index (χ1v) is 14.8. The Morgan fingerprint density at radius 1 is 1.20 bits per heavy atom. The van der Waals surface area contributed by atoms with Crippen LogP contribution in [0.2, 0.25) is 5.02 Å². The van der Waals surface area contributed by atoms with Gasteiger partial charge in [-0.15, -0.1) is 13.2 Å². The molecule has 0 radical (unpaired) electrons. The second kappa shape index (κ2) is 14.6. The molecule has 0 aliphatic rings. The lowest BCUT2D eigenvalue weighted by atomic mass is 10.0. The van der Waals surface area contributed by atoms with Crippen molar-refractivity contribution in [3.05, 3.63) is 106 Å². The average molecular weight is 622 g/mol. The monoisotopic (exact) mass is 621 g/mol. The molecule has 0 saturated heterocycles. The van der Waals surface area contributed by atoms with E-state index in [1.807, 2.05) is 6.92 Å². The summed E-state index contributed by atoms with van der Waals surface area (Å²) in [6.07, 6.45) is 7.85. The minimum atomic E-state index is -0.615. The third-order valence-electron chi connectivity index (χ3n) is 7.51. The Hall–Kier alpha value is -4.12. The highest BCUT2D eigenvalue weighted by Gasteiger charge is 2.18. The van der Waals surface area contributed by atoms with Gasteiger partial charge in [0, 0.05) is 47.4 Å². The zero-order chi connectivity index (χ0) is 32.0. The van der Waals surface area contributed by atoms with Gasteiger partial charge >= 0.3 is 5.69 Å². The van der Waals surface area contributed by atoms with E-state index in [2.05, 4.69) is 33.8 Å². The predicted octanol–water partition coefficient (Wildman–Crippen LogP) is 6.33. The van der Waals surface area contributed by atoms with Gasteiger partial charge in [-0.05, 0) is 75.4 Å². The maximum absolute atomic E-state index is 15.3. The molecule has 232 valence electrons. The fraction of sp³-hybridized carbons (Fsp3) is 0.303. The van der Waals surface area contributed by atoms with Gasteiger partial charge in [-0.1, -0.05) is 29.8 Å². The van der Waals surface area contributed by atoms with Crippen molar-refractivity contribution in [2.24, 2.45) is 5.73 Å². The summed E-state index contributed by atoms with van der Waals surface area (Å²) >= 11 is 6.23. The van der Waals surface area contributed by atoms with E-state index in [0.717, 1.165) is 18.4 Å². The molecule has 0 spiro atoms. The first-order chi connectivity index (χ1) is 21.0. The standard InChI is InChI=1S/C33H38ClF2N7O/c1-5-23(38)9-7-8-21-14-27(31(36)28(34)15-21)30-16-22-18-43(33(44)42-32(22)41-30)25-10-11-26(29(35)17-25)19(3)40-24(6-2)12-13-39-20(4)37/h5-6,10-11,14-19,23-24,40H,1-2,7-9,12-13,38H2,3-4H3,(H2,37,39)(H,41,42,44)/t19-,23-,24-/m0/s1. The van der Waals surface area contributed by atoms with E-state index in [4.69, 9.17) is 22.7 Å². The van der Waals surface area contributed by atoms with Gasteiger partial charge in [-0.2, -0.15) is 4.98 Å². The molecule has 11 heteroatoms. The van der Waals surface area contributed by atoms with Crippen molar-refractivity contribution in [3.8, 4) is 16.9 Å². The first kappa shape index (κ1) is 32.8. The number of benzene rings is 2. The van der Waals surface area contributed by atoms with Gasteiger partial charge in [-0.3, -0.25) is 9.98 Å². The van der Waals surface area contributed by atoms with Gasteiger partial charge < -0.3 is 21.4 Å². The van der Waals surface area contributed by atoms with Crippen LogP contribution in [0.3, 0.4) is 0 Å². The van der Waals surface area contributed by atoms with Crippen molar-refractivity contribution < 1.29 is 8.78 Å². The van der Waals surface area contributed by atoms with Gasteiger partial charge in [0.15, 0.2) is 5.82 Å². The molecule has 2 aromatic heterocycles. The highest BCUT2D eigenvalue weighted by Crippen LogP contribution is 2.31. The summed E-state index contributed by atoms with van der Waals surface area (Å²) < 4.78 is 31.7. The van der Waals surface area contributed by atoms with Crippen LogP contribution in [0, 0.1) is 17.0 Å². The molecule has 2 heterocycles. The number of H-pyrrole nitrogens is 1. The highest BCUT2D eigenvalue weighted by molar-refractivity contribution is 6.31. The molecular weight excluding hydrogens is 584 g/mol. The number of halogens is 3. The van der Waals surface area contributed by atoms with Crippen molar-refractivity contribution in [1.82, 2.24) is 25.2 Å². The molecule has 0 unspecified atom stereocenters. The number of hydrogen-bond donors (Lipinski definition) is 5. The number of hydrogen-bond acceptors (Lipinski definition) is 5. The zero-order valence-corrected chi connectivity index (χ0v) is 25.6. The van der Waals surface area contributed by atoms with E-state index >= 15 is 8.78 Å². The lowest BCUT2D eigenvalue weighted by Crippen LogP contribution is -2.34. The van der Waals surface area contributed by atoms with E-state index in [1.54, 1.807) is 55.6 Å². The van der Waals surface area contributed by atoms with Crippen LogP contribution in [0.15, 0.2) is 72.7 Å². The van der Waals surface area contributed by atoms with E-state index in [1.165, 1.54) is 10.6 Å². The molecular formula is C33H38ClF2N7O. The molecule has 0 amide bonds. The molecule has 0 aliphatic heterocycles. The van der Waals surface area contributed by atoms with Crippen molar-refractivity contribution >= 4 is 28.5 Å². The van der Waals surface area contributed by atoms with Gasteiger partial charge in [0.1, 0.15) is 11.5 Å². The number of aryl methyl sites for hydroxylation is 1. The number of fused-ring (bicyclic) bond motifs is 1. The van der Waals surface area contributed by atoms with E-state index in [9.17, 15) is 4.79 Å². The minimum absolute atomic E-state index is 0.00599. The largest absolute Gasteiger partial charge is 0.374 e. The van der Waals surface area contributed by atoms with Gasteiger partial charge in [0.05, 0.1) is 22.2 Å². The Morgan fingerprint density at radius 3 is 2.66 bits per heavy atom. The van der Waals surface area contributed by atoms with Crippen molar-refractivity contribution in [2.75, 3.05) is 6.54 Å². The minimum Gasteiger partial charge on any atom is -0.374 e. The van der Waals surface area contributed by atoms with Crippen LogP contribution < -0.4 is 22.1 Å². The summed E-state index contributed by atoms with van der Waals surface area (Å²) in [6.45, 7) is 11.7. The van der Waals surface area contributed by atoms with Gasteiger partial charge in [-0.25, -0.2) is 13.6 Å². The van der Waals surface area contributed by atoms with Crippen LogP contribution in [0.4, 0.5) is 8.78 Å². The molecule has 6 N–H and O–H groups in total. The summed E-state index contributed by atoms with van der Waals surface area (Å²) in [5.41, 5.74) is 7.84. The number of nitrogens with two attached hydrogens (primary N) is 1. The Bertz CT molecular complexity index is 1730. The second-order valence-electron chi connectivity index (χ2n) is 10.9. The number of nitrogens with one attached hydrogen (secondary N) is 4. The number of aromatic nitrogens is 3. The predicted molar refractivity (Wildman–Crippen MR) is 175 cm³/mol. The molecule has 2 aromatic carbocycles. The van der Waals surface area contributed by atoms with E-state index in [0.29, 0.717) is 47.6 Å². The van der Waals surface area contributed by atoms with E-state index < -0.39 is 17.3 Å². The highest BCUT2D eigenvalue weighted by atomic mass is 35.5. The first-order valence-electron chi connectivity index (χ1n) is 14.5. The molecule has 0 saturated carbocycles. The average Bonchev–Trinajstić information content (AvgIpc) is 3.39. The number of amidine groups is 1. The van der Waals surface area contributed by atoms with Crippen LogP contribution in [-0.4, -0.2) is 39.0 Å². The lowest BCUT2D eigenvalue weighted by Gasteiger charge is -2.22. The van der Waals surface area contributed by atoms with E-state index in [-0.39, 0.29) is 34.4 Å². The molecule has 0 bridgehead atoms. The summed E-state index contributed by atoms with van der Waals surface area (Å²) in [7, 11) is 0. The van der Waals surface area contributed by atoms with Gasteiger partial charge in [0.2, 0.25) is 0 Å². The fourth-order valence-electron chi connectivity index (χ4n) is 5.08. The van der Waals surface area contributed by atoms with Gasteiger partial charge in [0.25, 0.3) is 0 Å².